The van der Waals surface area contributed by atoms with E-state index in [1.54, 1.807) is 41.3 Å². The monoisotopic (exact) mass is 388 g/mol. The van der Waals surface area contributed by atoms with Crippen LogP contribution in [0.3, 0.4) is 0 Å². The number of nitrogens with one attached hydrogen (secondary N) is 1. The fourth-order valence-electron chi connectivity index (χ4n) is 3.48. The Kier molecular flexibility index (Phi) is 5.80. The zero-order valence-electron chi connectivity index (χ0n) is 15.3. The van der Waals surface area contributed by atoms with Gasteiger partial charge < -0.3 is 10.2 Å². The zero-order valence-corrected chi connectivity index (χ0v) is 16.0. The van der Waals surface area contributed by atoms with Gasteiger partial charge in [0.25, 0.3) is 5.91 Å². The molecule has 1 N–H and O–H groups in total. The second-order valence-corrected chi connectivity index (χ2v) is 7.58. The quantitative estimate of drug-likeness (QED) is 0.864. The molecule has 0 aromatic heterocycles. The Morgan fingerprint density at radius 1 is 1.15 bits per heavy atom. The highest BCUT2D eigenvalue weighted by Gasteiger charge is 2.40. The molecule has 0 spiro atoms. The highest BCUT2D eigenvalue weighted by molar-refractivity contribution is 6.30. The lowest BCUT2D eigenvalue weighted by molar-refractivity contribution is -0.125. The number of hydrogen-bond donors (Lipinski definition) is 1. The molecule has 0 radical (unpaired) electrons. The number of benzene rings is 2. The van der Waals surface area contributed by atoms with Gasteiger partial charge in [0.15, 0.2) is 0 Å². The number of nitrogens with zero attached hydrogens (tertiary/aromatic N) is 1. The molecule has 2 aromatic carbocycles. The van der Waals surface area contributed by atoms with Crippen LogP contribution in [0.2, 0.25) is 5.02 Å². The number of carbonyl (C=O) groups is 2. The Hall–Kier alpha value is -2.40. The molecule has 1 fully saturated rings. The molecule has 2 atom stereocenters. The van der Waals surface area contributed by atoms with Crippen molar-refractivity contribution in [2.75, 3.05) is 13.1 Å². The number of halogens is 2. The van der Waals surface area contributed by atoms with Crippen LogP contribution in [0.15, 0.2) is 48.5 Å². The van der Waals surface area contributed by atoms with E-state index in [9.17, 15) is 14.0 Å². The maximum absolute atomic E-state index is 13.7. The topological polar surface area (TPSA) is 49.4 Å². The molecule has 2 amide bonds. The molecule has 0 saturated carbocycles. The predicted octanol–water partition coefficient (Wildman–Crippen LogP) is 3.86. The molecule has 0 aliphatic carbocycles. The maximum atomic E-state index is 13.7. The highest BCUT2D eigenvalue weighted by Crippen LogP contribution is 2.34. The molecular weight excluding hydrogens is 367 g/mol. The molecule has 0 bridgehead atoms. The van der Waals surface area contributed by atoms with Crippen LogP contribution in [0.1, 0.15) is 35.7 Å². The van der Waals surface area contributed by atoms with Crippen LogP contribution >= 0.6 is 11.6 Å². The lowest BCUT2D eigenvalue weighted by Crippen LogP contribution is -2.39. The van der Waals surface area contributed by atoms with Crippen LogP contribution in [0.25, 0.3) is 0 Å². The summed E-state index contributed by atoms with van der Waals surface area (Å²) in [4.78, 5) is 27.2. The van der Waals surface area contributed by atoms with Crippen LogP contribution in [0, 0.1) is 11.7 Å². The van der Waals surface area contributed by atoms with Crippen molar-refractivity contribution < 1.29 is 14.0 Å². The van der Waals surface area contributed by atoms with Crippen molar-refractivity contribution in [2.45, 2.75) is 25.8 Å². The molecule has 1 aliphatic rings. The van der Waals surface area contributed by atoms with Crippen LogP contribution in [-0.4, -0.2) is 35.8 Å². The van der Waals surface area contributed by atoms with Gasteiger partial charge in [-0.2, -0.15) is 0 Å². The van der Waals surface area contributed by atoms with E-state index >= 15 is 0 Å². The van der Waals surface area contributed by atoms with Crippen LogP contribution in [-0.2, 0) is 4.79 Å². The third-order valence-corrected chi connectivity index (χ3v) is 4.99. The Balaban J connectivity index is 1.87. The van der Waals surface area contributed by atoms with Crippen molar-refractivity contribution in [3.63, 3.8) is 0 Å². The van der Waals surface area contributed by atoms with E-state index in [2.05, 4.69) is 5.32 Å². The van der Waals surface area contributed by atoms with Gasteiger partial charge in [0.1, 0.15) is 5.82 Å². The summed E-state index contributed by atoms with van der Waals surface area (Å²) in [6.07, 6.45) is 0. The summed E-state index contributed by atoms with van der Waals surface area (Å²) in [7, 11) is 0. The first kappa shape index (κ1) is 19.4. The van der Waals surface area contributed by atoms with E-state index in [0.717, 1.165) is 5.56 Å². The van der Waals surface area contributed by atoms with Crippen LogP contribution in [0.4, 0.5) is 4.39 Å². The largest absolute Gasteiger partial charge is 0.354 e. The van der Waals surface area contributed by atoms with Gasteiger partial charge in [-0.05, 0) is 55.8 Å². The summed E-state index contributed by atoms with van der Waals surface area (Å²) in [5.41, 5.74) is 1.24. The average Bonchev–Trinajstić information content (AvgIpc) is 3.07. The molecule has 142 valence electrons. The van der Waals surface area contributed by atoms with Crippen molar-refractivity contribution in [1.29, 1.82) is 0 Å². The number of amides is 2. The summed E-state index contributed by atoms with van der Waals surface area (Å²) in [6.45, 7) is 4.43. The van der Waals surface area contributed by atoms with E-state index in [1.165, 1.54) is 12.1 Å². The van der Waals surface area contributed by atoms with Crippen molar-refractivity contribution in [2.24, 2.45) is 5.92 Å². The minimum atomic E-state index is -0.426. The van der Waals surface area contributed by atoms with Crippen LogP contribution < -0.4 is 5.32 Å². The molecule has 2 unspecified atom stereocenters. The number of hydrogen-bond acceptors (Lipinski definition) is 2. The lowest BCUT2D eigenvalue weighted by atomic mass is 9.88. The van der Waals surface area contributed by atoms with Crippen LogP contribution in [0.5, 0.6) is 0 Å². The van der Waals surface area contributed by atoms with Gasteiger partial charge in [-0.3, -0.25) is 9.59 Å². The fourth-order valence-corrected chi connectivity index (χ4v) is 3.60. The first-order chi connectivity index (χ1) is 12.8. The van der Waals surface area contributed by atoms with E-state index in [4.69, 9.17) is 11.6 Å². The Morgan fingerprint density at radius 2 is 1.85 bits per heavy atom. The van der Waals surface area contributed by atoms with E-state index in [0.29, 0.717) is 23.7 Å². The van der Waals surface area contributed by atoms with Gasteiger partial charge in [0, 0.05) is 35.6 Å². The third kappa shape index (κ3) is 4.48. The minimum absolute atomic E-state index is 0.00771. The fraction of sp³-hybridized carbons (Fsp3) is 0.333. The molecule has 3 rings (SSSR count). The van der Waals surface area contributed by atoms with Crippen molar-refractivity contribution in [3.8, 4) is 0 Å². The second kappa shape index (κ2) is 8.09. The second-order valence-electron chi connectivity index (χ2n) is 7.15. The first-order valence-electron chi connectivity index (χ1n) is 8.96. The normalized spacial score (nSPS) is 19.4. The van der Waals surface area contributed by atoms with E-state index in [-0.39, 0.29) is 29.6 Å². The SMILES string of the molecule is CC(C)NC(=O)C1CN(C(=O)c2ccc(Cl)cc2)CC1c1cccc(F)c1. The highest BCUT2D eigenvalue weighted by atomic mass is 35.5. The van der Waals surface area contributed by atoms with E-state index in [1.807, 2.05) is 13.8 Å². The summed E-state index contributed by atoms with van der Waals surface area (Å²) >= 11 is 5.89. The summed E-state index contributed by atoms with van der Waals surface area (Å²) in [6, 6.07) is 12.9. The molecule has 4 nitrogen and oxygen atoms in total. The van der Waals surface area contributed by atoms with Gasteiger partial charge in [0.2, 0.25) is 5.91 Å². The van der Waals surface area contributed by atoms with Gasteiger partial charge in [-0.25, -0.2) is 4.39 Å². The Labute approximate surface area is 163 Å². The molecule has 27 heavy (non-hydrogen) atoms. The number of rotatable bonds is 4. The molecule has 1 saturated heterocycles. The molecule has 2 aromatic rings. The van der Waals surface area contributed by atoms with Crippen molar-refractivity contribution in [1.82, 2.24) is 10.2 Å². The smallest absolute Gasteiger partial charge is 0.253 e. The van der Waals surface area contributed by atoms with E-state index < -0.39 is 5.92 Å². The first-order valence-corrected chi connectivity index (χ1v) is 9.33. The van der Waals surface area contributed by atoms with Gasteiger partial charge in [-0.1, -0.05) is 23.7 Å². The Morgan fingerprint density at radius 3 is 2.48 bits per heavy atom. The average molecular weight is 389 g/mol. The minimum Gasteiger partial charge on any atom is -0.354 e. The standard InChI is InChI=1S/C21H22ClFN2O2/c1-13(2)24-20(26)19-12-25(21(27)14-6-8-16(22)9-7-14)11-18(19)15-4-3-5-17(23)10-15/h3-10,13,18-19H,11-12H2,1-2H3,(H,24,26). The molecule has 1 heterocycles. The number of carbonyl (C=O) groups excluding carboxylic acids is 2. The van der Waals surface area contributed by atoms with Crippen molar-refractivity contribution >= 4 is 23.4 Å². The zero-order chi connectivity index (χ0) is 19.6. The predicted molar refractivity (Wildman–Crippen MR) is 103 cm³/mol. The molecular formula is C21H22ClFN2O2. The molecule has 6 heteroatoms. The third-order valence-electron chi connectivity index (χ3n) is 4.74. The number of likely N-dealkylation sites (tertiary alicyclic amines) is 1. The summed E-state index contributed by atoms with van der Waals surface area (Å²) in [5.74, 6) is -1.31. The van der Waals surface area contributed by atoms with Gasteiger partial charge in [-0.15, -0.1) is 0 Å². The lowest BCUT2D eigenvalue weighted by Gasteiger charge is -2.19. The summed E-state index contributed by atoms with van der Waals surface area (Å²) in [5, 5.41) is 3.47. The van der Waals surface area contributed by atoms with Gasteiger partial charge in [0.05, 0.1) is 5.92 Å². The summed E-state index contributed by atoms with van der Waals surface area (Å²) < 4.78 is 13.7. The Bertz CT molecular complexity index is 838. The van der Waals surface area contributed by atoms with Crippen molar-refractivity contribution in [3.05, 3.63) is 70.5 Å². The maximum Gasteiger partial charge on any atom is 0.253 e. The van der Waals surface area contributed by atoms with Gasteiger partial charge >= 0.3 is 0 Å². The molecule has 1 aliphatic heterocycles.